The molecule has 2 aromatic rings. The van der Waals surface area contributed by atoms with Gasteiger partial charge in [0.05, 0.1) is 46.3 Å². The van der Waals surface area contributed by atoms with Gasteiger partial charge in [0.1, 0.15) is 23.3 Å². The second-order valence-electron chi connectivity index (χ2n) is 13.4. The van der Waals surface area contributed by atoms with Crippen molar-refractivity contribution in [3.63, 3.8) is 0 Å². The summed E-state index contributed by atoms with van der Waals surface area (Å²) in [6.45, 7) is 5.65. The highest BCUT2D eigenvalue weighted by Gasteiger charge is 2.62. The third-order valence-corrected chi connectivity index (χ3v) is 9.97. The molecule has 13 heteroatoms. The largest absolute Gasteiger partial charge is 0.496 e. The first-order valence-corrected chi connectivity index (χ1v) is 18.2. The Balaban J connectivity index is 1.51. The van der Waals surface area contributed by atoms with E-state index in [1.807, 2.05) is 4.90 Å². The van der Waals surface area contributed by atoms with E-state index in [1.165, 1.54) is 24.0 Å². The summed E-state index contributed by atoms with van der Waals surface area (Å²) in [5.74, 6) is -0.749. The summed E-state index contributed by atoms with van der Waals surface area (Å²) >= 11 is 0. The number of nitrogens with one attached hydrogen (secondary N) is 1. The summed E-state index contributed by atoms with van der Waals surface area (Å²) in [5.41, 5.74) is 6.08. The highest BCUT2D eigenvalue weighted by atomic mass is 16.5. The van der Waals surface area contributed by atoms with E-state index in [0.29, 0.717) is 41.5 Å². The van der Waals surface area contributed by atoms with Crippen LogP contribution in [0.2, 0.25) is 0 Å². The molecule has 283 valence electrons. The van der Waals surface area contributed by atoms with E-state index < -0.39 is 29.3 Å². The van der Waals surface area contributed by atoms with E-state index in [2.05, 4.69) is 19.2 Å². The molecule has 52 heavy (non-hydrogen) atoms. The molecule has 3 N–H and O–H groups in total. The molecular weight excluding hydrogens is 666 g/mol. The van der Waals surface area contributed by atoms with Gasteiger partial charge >= 0.3 is 0 Å². The van der Waals surface area contributed by atoms with E-state index in [-0.39, 0.29) is 50.7 Å². The van der Waals surface area contributed by atoms with Crippen LogP contribution < -0.4 is 25.3 Å². The molecule has 2 aliphatic heterocycles. The van der Waals surface area contributed by atoms with Gasteiger partial charge in [-0.05, 0) is 36.8 Å². The minimum atomic E-state index is -1.81. The smallest absolute Gasteiger partial charge is 0.259 e. The predicted octanol–water partition coefficient (Wildman–Crippen LogP) is 3.54. The molecule has 2 heterocycles. The molecule has 5 amide bonds. The zero-order valence-corrected chi connectivity index (χ0v) is 31.2. The average molecular weight is 721 g/mol. The van der Waals surface area contributed by atoms with Crippen LogP contribution in [-0.4, -0.2) is 96.8 Å². The van der Waals surface area contributed by atoms with Gasteiger partial charge in [0.25, 0.3) is 11.8 Å². The fraction of sp³-hybridized carbons (Fsp3) is 0.538. The first-order valence-electron chi connectivity index (χ1n) is 18.2. The third-order valence-electron chi connectivity index (χ3n) is 9.97. The molecule has 2 aliphatic rings. The Kier molecular flexibility index (Phi) is 14.3. The number of hydrogen-bond acceptors (Lipinski definition) is 8. The molecule has 2 atom stereocenters. The van der Waals surface area contributed by atoms with Crippen LogP contribution in [0, 0.1) is 6.42 Å². The SMILES string of the molecule is CCCCCN(CCCCC)C(=O)C[C@H]1C(=O)N2C[CH]CC2(C(N)=O)C(=O)N1Cc1ccc(CC(=O)NCc2c(OC)cc(OC)cc2OC)cc1. The average Bonchev–Trinajstić information content (AvgIpc) is 3.61. The van der Waals surface area contributed by atoms with Crippen molar-refractivity contribution in [2.75, 3.05) is 41.0 Å². The van der Waals surface area contributed by atoms with Gasteiger partial charge in [-0.3, -0.25) is 24.0 Å². The van der Waals surface area contributed by atoms with Crippen molar-refractivity contribution in [3.05, 3.63) is 59.5 Å². The Morgan fingerprint density at radius 2 is 1.50 bits per heavy atom. The lowest BCUT2D eigenvalue weighted by molar-refractivity contribution is -0.173. The number of carbonyl (C=O) groups is 5. The van der Waals surface area contributed by atoms with Crippen molar-refractivity contribution < 1.29 is 38.2 Å². The van der Waals surface area contributed by atoms with Crippen molar-refractivity contribution in [2.24, 2.45) is 5.73 Å². The highest BCUT2D eigenvalue weighted by molar-refractivity contribution is 6.16. The molecule has 0 aromatic heterocycles. The van der Waals surface area contributed by atoms with E-state index in [0.717, 1.165) is 44.1 Å². The first-order chi connectivity index (χ1) is 25.0. The number of unbranched alkanes of at least 4 members (excludes halogenated alkanes) is 4. The van der Waals surface area contributed by atoms with Gasteiger partial charge in [-0.25, -0.2) is 0 Å². The van der Waals surface area contributed by atoms with Gasteiger partial charge in [-0.15, -0.1) is 0 Å². The van der Waals surface area contributed by atoms with Gasteiger partial charge in [0, 0.05) is 38.3 Å². The first kappa shape index (κ1) is 40.0. The van der Waals surface area contributed by atoms with Gasteiger partial charge in [0.15, 0.2) is 0 Å². The van der Waals surface area contributed by atoms with Crippen molar-refractivity contribution in [1.82, 2.24) is 20.0 Å². The van der Waals surface area contributed by atoms with Gasteiger partial charge < -0.3 is 40.0 Å². The maximum absolute atomic E-state index is 14.2. The van der Waals surface area contributed by atoms with Crippen LogP contribution in [0.4, 0.5) is 0 Å². The van der Waals surface area contributed by atoms with Gasteiger partial charge in [-0.1, -0.05) is 63.8 Å². The minimum absolute atomic E-state index is 0.0133. The second kappa shape index (κ2) is 18.6. The van der Waals surface area contributed by atoms with Crippen LogP contribution in [0.1, 0.15) is 81.9 Å². The van der Waals surface area contributed by atoms with Gasteiger partial charge in [-0.2, -0.15) is 0 Å². The molecule has 0 saturated carbocycles. The summed E-state index contributed by atoms with van der Waals surface area (Å²) in [5, 5.41) is 2.91. The topological polar surface area (TPSA) is 161 Å². The molecule has 13 nitrogen and oxygen atoms in total. The molecule has 1 radical (unpaired) electrons. The Bertz CT molecular complexity index is 1550. The second-order valence-corrected chi connectivity index (χ2v) is 13.4. The summed E-state index contributed by atoms with van der Waals surface area (Å²) in [6, 6.07) is 9.46. The minimum Gasteiger partial charge on any atom is -0.496 e. The summed E-state index contributed by atoms with van der Waals surface area (Å²) < 4.78 is 16.3. The number of rotatable bonds is 20. The standard InChI is InChI=1S/C39H54N5O8/c1-6-8-10-18-42(19-11-9-7-2)35(46)24-31-36(47)44-20-12-17-39(44,37(40)48)38(49)43(31)26-28-15-13-27(14-16-28)21-34(45)41-25-30-32(51-4)22-29(50-3)23-33(30)52-5/h12-16,22-23,31H,6-11,17-21,24-26H2,1-5H3,(H2,40,48)(H,41,45)/t31-,39?/m0/s1. The molecular formula is C39H54N5O8. The third kappa shape index (κ3) is 8.97. The lowest BCUT2D eigenvalue weighted by atomic mass is 9.87. The molecule has 1 unspecified atom stereocenters. The van der Waals surface area contributed by atoms with Gasteiger partial charge in [0.2, 0.25) is 23.3 Å². The number of carbonyl (C=O) groups excluding carboxylic acids is 5. The summed E-state index contributed by atoms with van der Waals surface area (Å²) in [4.78, 5) is 72.4. The maximum atomic E-state index is 14.2. The molecule has 0 spiro atoms. The Morgan fingerprint density at radius 3 is 2.04 bits per heavy atom. The number of ether oxygens (including phenoxy) is 3. The van der Waals surface area contributed by atoms with E-state index in [9.17, 15) is 24.0 Å². The Labute approximate surface area is 307 Å². The number of fused-ring (bicyclic) bond motifs is 1. The van der Waals surface area contributed by atoms with Crippen LogP contribution in [0.15, 0.2) is 36.4 Å². The molecule has 2 fully saturated rings. The van der Waals surface area contributed by atoms with Crippen LogP contribution >= 0.6 is 0 Å². The number of piperazine rings is 1. The Morgan fingerprint density at radius 1 is 0.904 bits per heavy atom. The van der Waals surface area contributed by atoms with Crippen molar-refractivity contribution >= 4 is 29.5 Å². The number of hydrogen-bond donors (Lipinski definition) is 2. The summed E-state index contributed by atoms with van der Waals surface area (Å²) in [6.07, 6.45) is 7.34. The maximum Gasteiger partial charge on any atom is 0.259 e. The number of nitrogens with two attached hydrogens (primary N) is 1. The van der Waals surface area contributed by atoms with Crippen molar-refractivity contribution in [1.29, 1.82) is 0 Å². The predicted molar refractivity (Wildman–Crippen MR) is 195 cm³/mol. The zero-order valence-electron chi connectivity index (χ0n) is 31.2. The van der Waals surface area contributed by atoms with Crippen LogP contribution in [0.3, 0.4) is 0 Å². The summed E-state index contributed by atoms with van der Waals surface area (Å²) in [7, 11) is 4.60. The zero-order chi connectivity index (χ0) is 37.8. The van der Waals surface area contributed by atoms with Crippen LogP contribution in [0.25, 0.3) is 0 Å². The normalized spacial score (nSPS) is 18.2. The highest BCUT2D eigenvalue weighted by Crippen LogP contribution is 2.38. The quantitative estimate of drug-likeness (QED) is 0.155. The molecule has 4 rings (SSSR count). The monoisotopic (exact) mass is 720 g/mol. The molecule has 2 saturated heterocycles. The Hall–Kier alpha value is -4.81. The van der Waals surface area contributed by atoms with E-state index in [1.54, 1.807) is 49.9 Å². The molecule has 2 aromatic carbocycles. The number of methoxy groups -OCH3 is 3. The number of amides is 5. The lowest BCUT2D eigenvalue weighted by Crippen LogP contribution is -2.73. The van der Waals surface area contributed by atoms with Crippen LogP contribution in [-0.2, 0) is 43.5 Å². The lowest BCUT2D eigenvalue weighted by Gasteiger charge is -2.47. The van der Waals surface area contributed by atoms with Crippen molar-refractivity contribution in [2.45, 2.75) is 96.3 Å². The fourth-order valence-corrected chi connectivity index (χ4v) is 6.97. The fourth-order valence-electron chi connectivity index (χ4n) is 6.97. The number of benzene rings is 2. The van der Waals surface area contributed by atoms with Crippen molar-refractivity contribution in [3.8, 4) is 17.2 Å². The molecule has 0 aliphatic carbocycles. The number of nitrogens with zero attached hydrogens (tertiary/aromatic N) is 3. The molecule has 0 bridgehead atoms. The van der Waals surface area contributed by atoms with E-state index >= 15 is 0 Å². The number of primary amides is 1. The van der Waals surface area contributed by atoms with E-state index in [4.69, 9.17) is 19.9 Å². The van der Waals surface area contributed by atoms with Crippen LogP contribution in [0.5, 0.6) is 17.2 Å².